The fourth-order valence-corrected chi connectivity index (χ4v) is 4.72. The quantitative estimate of drug-likeness (QED) is 0.507. The van der Waals surface area contributed by atoms with E-state index in [9.17, 15) is 13.2 Å². The largest absolute Gasteiger partial charge is 0.495 e. The minimum absolute atomic E-state index is 0.00323. The van der Waals surface area contributed by atoms with Crippen molar-refractivity contribution in [3.63, 3.8) is 0 Å². The molecule has 9 heteroatoms. The zero-order valence-corrected chi connectivity index (χ0v) is 20.9. The zero-order chi connectivity index (χ0) is 25.2. The van der Waals surface area contributed by atoms with Crippen molar-refractivity contribution >= 4 is 27.3 Å². The molecule has 0 fully saturated rings. The zero-order valence-electron chi connectivity index (χ0n) is 20.0. The fourth-order valence-electron chi connectivity index (χ4n) is 3.63. The lowest BCUT2D eigenvalue weighted by Gasteiger charge is -2.21. The lowest BCUT2D eigenvalue weighted by molar-refractivity contribution is 0.102. The number of nitrogens with one attached hydrogen (secondary N) is 2. The molecule has 1 heterocycles. The molecule has 0 unspecified atom stereocenters. The number of carbonyl (C=O) groups excluding carboxylic acids is 1. The van der Waals surface area contributed by atoms with Crippen LogP contribution in [0, 0.1) is 0 Å². The molecule has 0 bridgehead atoms. The monoisotopic (exact) mass is 496 g/mol. The Morgan fingerprint density at radius 1 is 0.914 bits per heavy atom. The lowest BCUT2D eigenvalue weighted by Crippen LogP contribution is -2.20. The van der Waals surface area contributed by atoms with Gasteiger partial charge in [0.05, 0.1) is 28.9 Å². The van der Waals surface area contributed by atoms with Crippen LogP contribution in [0.5, 0.6) is 17.2 Å². The first-order valence-electron chi connectivity index (χ1n) is 11.1. The Bertz CT molecular complexity index is 1360. The van der Waals surface area contributed by atoms with Crippen LogP contribution in [-0.4, -0.2) is 34.6 Å². The van der Waals surface area contributed by atoms with E-state index in [4.69, 9.17) is 14.2 Å². The van der Waals surface area contributed by atoms with E-state index in [1.165, 1.54) is 25.3 Å². The molecule has 1 aliphatic heterocycles. The van der Waals surface area contributed by atoms with Gasteiger partial charge in [0.15, 0.2) is 11.5 Å². The number of rotatable bonds is 6. The summed E-state index contributed by atoms with van der Waals surface area (Å²) in [6, 6.07) is 16.4. The molecule has 0 atom stereocenters. The summed E-state index contributed by atoms with van der Waals surface area (Å²) in [5.74, 6) is 0.868. The summed E-state index contributed by atoms with van der Waals surface area (Å²) in [5, 5.41) is 2.86. The number of fused-ring (bicyclic) bond motifs is 1. The molecule has 0 saturated carbocycles. The van der Waals surface area contributed by atoms with Gasteiger partial charge in [-0.3, -0.25) is 9.52 Å². The second-order valence-corrected chi connectivity index (χ2v) is 10.8. The number of para-hydroxylation sites is 1. The first kappa shape index (κ1) is 24.4. The van der Waals surface area contributed by atoms with Crippen LogP contribution in [0.15, 0.2) is 65.6 Å². The Kier molecular flexibility index (Phi) is 6.62. The number of sulfonamides is 1. The number of hydrogen-bond acceptors (Lipinski definition) is 6. The summed E-state index contributed by atoms with van der Waals surface area (Å²) >= 11 is 0. The number of carbonyl (C=O) groups is 1. The molecule has 1 amide bonds. The topological polar surface area (TPSA) is 103 Å². The van der Waals surface area contributed by atoms with Crippen molar-refractivity contribution < 1.29 is 27.4 Å². The molecule has 35 heavy (non-hydrogen) atoms. The van der Waals surface area contributed by atoms with Gasteiger partial charge in [0.1, 0.15) is 19.0 Å². The van der Waals surface area contributed by atoms with Gasteiger partial charge in [0, 0.05) is 6.07 Å². The normalized spacial score (nSPS) is 13.1. The van der Waals surface area contributed by atoms with Gasteiger partial charge in [-0.15, -0.1) is 0 Å². The summed E-state index contributed by atoms with van der Waals surface area (Å²) < 4.78 is 45.1. The predicted molar refractivity (Wildman–Crippen MR) is 134 cm³/mol. The summed E-state index contributed by atoms with van der Waals surface area (Å²) in [6.45, 7) is 6.96. The Labute approximate surface area is 205 Å². The highest BCUT2D eigenvalue weighted by Gasteiger charge is 2.23. The first-order chi connectivity index (χ1) is 16.6. The number of anilines is 2. The van der Waals surface area contributed by atoms with Crippen LogP contribution < -0.4 is 24.2 Å². The van der Waals surface area contributed by atoms with Gasteiger partial charge in [-0.1, -0.05) is 39.0 Å². The van der Waals surface area contributed by atoms with Crippen molar-refractivity contribution in [2.75, 3.05) is 30.4 Å². The lowest BCUT2D eigenvalue weighted by atomic mass is 9.87. The minimum Gasteiger partial charge on any atom is -0.495 e. The molecule has 1 aliphatic rings. The molecule has 184 valence electrons. The second kappa shape index (κ2) is 9.50. The number of benzene rings is 3. The summed E-state index contributed by atoms with van der Waals surface area (Å²) in [6.07, 6.45) is 0. The molecule has 4 rings (SSSR count). The van der Waals surface area contributed by atoms with Gasteiger partial charge in [-0.25, -0.2) is 8.42 Å². The highest BCUT2D eigenvalue weighted by Crippen LogP contribution is 2.34. The Morgan fingerprint density at radius 3 is 2.34 bits per heavy atom. The Hall–Kier alpha value is -3.72. The molecule has 2 N–H and O–H groups in total. The van der Waals surface area contributed by atoms with Crippen LogP contribution >= 0.6 is 0 Å². The SMILES string of the molecule is COc1ccc(C(C)(C)C)cc1NC(=O)c1ccccc1NS(=O)(=O)c1ccc2c(c1)OCCO2. The maximum absolute atomic E-state index is 13.2. The van der Waals surface area contributed by atoms with E-state index in [2.05, 4.69) is 30.8 Å². The van der Waals surface area contributed by atoms with E-state index in [1.807, 2.05) is 12.1 Å². The van der Waals surface area contributed by atoms with Gasteiger partial charge in [-0.2, -0.15) is 0 Å². The summed E-state index contributed by atoms with van der Waals surface area (Å²) in [7, 11) is -2.48. The van der Waals surface area contributed by atoms with Crippen LogP contribution in [0.2, 0.25) is 0 Å². The molecular weight excluding hydrogens is 468 g/mol. The van der Waals surface area contributed by atoms with E-state index in [0.717, 1.165) is 5.56 Å². The fraction of sp³-hybridized carbons (Fsp3) is 0.269. The van der Waals surface area contributed by atoms with Crippen LogP contribution in [0.4, 0.5) is 11.4 Å². The van der Waals surface area contributed by atoms with E-state index < -0.39 is 15.9 Å². The molecule has 3 aromatic carbocycles. The molecule has 0 saturated heterocycles. The van der Waals surface area contributed by atoms with E-state index in [-0.39, 0.29) is 21.6 Å². The van der Waals surface area contributed by atoms with Crippen molar-refractivity contribution in [3.8, 4) is 17.2 Å². The standard InChI is InChI=1S/C26H28N2O6S/c1-26(2,3)17-9-11-22(32-4)21(15-17)27-25(29)19-7-5-6-8-20(19)28-35(30,31)18-10-12-23-24(16-18)34-14-13-33-23/h5-12,15-16,28H,13-14H2,1-4H3,(H,27,29). The molecule has 0 spiro atoms. The molecule has 0 radical (unpaired) electrons. The van der Waals surface area contributed by atoms with Gasteiger partial charge in [0.25, 0.3) is 15.9 Å². The number of ether oxygens (including phenoxy) is 3. The number of methoxy groups -OCH3 is 1. The van der Waals surface area contributed by atoms with Crippen LogP contribution in [0.1, 0.15) is 36.7 Å². The van der Waals surface area contributed by atoms with Crippen molar-refractivity contribution in [2.45, 2.75) is 31.1 Å². The van der Waals surface area contributed by atoms with Crippen molar-refractivity contribution in [1.29, 1.82) is 0 Å². The molecule has 0 aliphatic carbocycles. The minimum atomic E-state index is -4.00. The third-order valence-corrected chi connectivity index (χ3v) is 6.92. The van der Waals surface area contributed by atoms with Crippen LogP contribution in [0.25, 0.3) is 0 Å². The Morgan fingerprint density at radius 2 is 1.63 bits per heavy atom. The van der Waals surface area contributed by atoms with Crippen molar-refractivity contribution in [2.24, 2.45) is 0 Å². The highest BCUT2D eigenvalue weighted by atomic mass is 32.2. The number of amides is 1. The predicted octanol–water partition coefficient (Wildman–Crippen LogP) is 4.82. The maximum atomic E-state index is 13.2. The molecule has 0 aromatic heterocycles. The van der Waals surface area contributed by atoms with Gasteiger partial charge < -0.3 is 19.5 Å². The molecule has 3 aromatic rings. The number of hydrogen-bond donors (Lipinski definition) is 2. The highest BCUT2D eigenvalue weighted by molar-refractivity contribution is 7.92. The van der Waals surface area contributed by atoms with Gasteiger partial charge in [-0.05, 0) is 47.4 Å². The summed E-state index contributed by atoms with van der Waals surface area (Å²) in [5.41, 5.74) is 1.68. The average molecular weight is 497 g/mol. The molecular formula is C26H28N2O6S. The van der Waals surface area contributed by atoms with Crippen molar-refractivity contribution in [1.82, 2.24) is 0 Å². The third-order valence-electron chi connectivity index (χ3n) is 5.55. The second-order valence-electron chi connectivity index (χ2n) is 9.08. The van der Waals surface area contributed by atoms with Crippen molar-refractivity contribution in [3.05, 3.63) is 71.8 Å². The van der Waals surface area contributed by atoms with Crippen LogP contribution in [0.3, 0.4) is 0 Å². The van der Waals surface area contributed by atoms with Gasteiger partial charge >= 0.3 is 0 Å². The van der Waals surface area contributed by atoms with E-state index in [1.54, 1.807) is 30.3 Å². The van der Waals surface area contributed by atoms with Gasteiger partial charge in [0.2, 0.25) is 0 Å². The average Bonchev–Trinajstić information content (AvgIpc) is 2.83. The Balaban J connectivity index is 1.62. The smallest absolute Gasteiger partial charge is 0.262 e. The molecule has 8 nitrogen and oxygen atoms in total. The van der Waals surface area contributed by atoms with Crippen LogP contribution in [-0.2, 0) is 15.4 Å². The first-order valence-corrected chi connectivity index (χ1v) is 12.6. The van der Waals surface area contributed by atoms with E-state index in [0.29, 0.717) is 36.1 Å². The third kappa shape index (κ3) is 5.35. The van der Waals surface area contributed by atoms with E-state index >= 15 is 0 Å². The summed E-state index contributed by atoms with van der Waals surface area (Å²) in [4.78, 5) is 13.2. The maximum Gasteiger partial charge on any atom is 0.262 e.